The Hall–Kier alpha value is -3.23. The number of hydrogen-bond acceptors (Lipinski definition) is 4. The van der Waals surface area contributed by atoms with Gasteiger partial charge in [-0.25, -0.2) is 13.2 Å². The average Bonchev–Trinajstić information content (AvgIpc) is 2.79. The van der Waals surface area contributed by atoms with Gasteiger partial charge in [-0.3, -0.25) is 4.79 Å². The number of carbonyl (C=O) groups is 2. The Morgan fingerprint density at radius 2 is 1.48 bits per heavy atom. The number of rotatable bonds is 5. The molecule has 0 unspecified atom stereocenters. The van der Waals surface area contributed by atoms with Gasteiger partial charge in [0.2, 0.25) is 15.9 Å². The Bertz CT molecular complexity index is 1230. The van der Waals surface area contributed by atoms with E-state index in [1.165, 1.54) is 16.4 Å². The SMILES string of the molecule is O=C(O)c1ccc(CC(=O)N2CCN(S(=O)(=O)c3ccc4ccccc4c3)CC2)cc1. The lowest BCUT2D eigenvalue weighted by Gasteiger charge is -2.34. The molecule has 1 fully saturated rings. The molecular weight excluding hydrogens is 416 g/mol. The summed E-state index contributed by atoms with van der Waals surface area (Å²) in [5.74, 6) is -1.12. The summed E-state index contributed by atoms with van der Waals surface area (Å²) in [6, 6.07) is 18.9. The van der Waals surface area contributed by atoms with Gasteiger partial charge < -0.3 is 10.0 Å². The number of nitrogens with zero attached hydrogens (tertiary/aromatic N) is 2. The predicted molar refractivity (Wildman–Crippen MR) is 116 cm³/mol. The van der Waals surface area contributed by atoms with Gasteiger partial charge in [-0.15, -0.1) is 0 Å². The summed E-state index contributed by atoms with van der Waals surface area (Å²) < 4.78 is 27.5. The Balaban J connectivity index is 1.40. The summed E-state index contributed by atoms with van der Waals surface area (Å²) in [6.45, 7) is 1.11. The molecule has 3 aromatic rings. The second-order valence-corrected chi connectivity index (χ2v) is 9.41. The van der Waals surface area contributed by atoms with Crippen molar-refractivity contribution in [3.63, 3.8) is 0 Å². The third kappa shape index (κ3) is 4.45. The lowest BCUT2D eigenvalue weighted by molar-refractivity contribution is -0.131. The molecule has 1 aliphatic rings. The molecule has 160 valence electrons. The summed E-state index contributed by atoms with van der Waals surface area (Å²) in [7, 11) is -3.63. The van der Waals surface area contributed by atoms with Crippen LogP contribution in [0.2, 0.25) is 0 Å². The van der Waals surface area contributed by atoms with Crippen LogP contribution in [0.3, 0.4) is 0 Å². The molecule has 1 N–H and O–H groups in total. The maximum atomic E-state index is 13.1. The number of hydrogen-bond donors (Lipinski definition) is 1. The Morgan fingerprint density at radius 3 is 2.13 bits per heavy atom. The average molecular weight is 439 g/mol. The fourth-order valence-corrected chi connectivity index (χ4v) is 5.16. The fraction of sp³-hybridized carbons (Fsp3) is 0.217. The molecule has 1 heterocycles. The maximum absolute atomic E-state index is 13.1. The normalized spacial score (nSPS) is 15.2. The van der Waals surface area contributed by atoms with Crippen LogP contribution < -0.4 is 0 Å². The number of benzene rings is 3. The van der Waals surface area contributed by atoms with E-state index in [9.17, 15) is 18.0 Å². The van der Waals surface area contributed by atoms with E-state index in [4.69, 9.17) is 5.11 Å². The van der Waals surface area contributed by atoms with E-state index in [-0.39, 0.29) is 35.9 Å². The molecule has 0 atom stereocenters. The molecule has 0 bridgehead atoms. The van der Waals surface area contributed by atoms with E-state index in [2.05, 4.69) is 0 Å². The van der Waals surface area contributed by atoms with Crippen LogP contribution in [0, 0.1) is 0 Å². The van der Waals surface area contributed by atoms with Crippen LogP contribution >= 0.6 is 0 Å². The summed E-state index contributed by atoms with van der Waals surface area (Å²) >= 11 is 0. The lowest BCUT2D eigenvalue weighted by Crippen LogP contribution is -2.50. The van der Waals surface area contributed by atoms with Crippen LogP contribution in [0.5, 0.6) is 0 Å². The molecule has 31 heavy (non-hydrogen) atoms. The minimum Gasteiger partial charge on any atom is -0.478 e. The number of piperazine rings is 1. The van der Waals surface area contributed by atoms with E-state index < -0.39 is 16.0 Å². The highest BCUT2D eigenvalue weighted by Crippen LogP contribution is 2.23. The Morgan fingerprint density at radius 1 is 0.839 bits per heavy atom. The van der Waals surface area contributed by atoms with Crippen molar-refractivity contribution in [3.05, 3.63) is 77.9 Å². The van der Waals surface area contributed by atoms with E-state index in [1.807, 2.05) is 24.3 Å². The number of sulfonamides is 1. The molecular formula is C23H22N2O5S. The van der Waals surface area contributed by atoms with E-state index >= 15 is 0 Å². The van der Waals surface area contributed by atoms with Crippen molar-refractivity contribution >= 4 is 32.7 Å². The summed E-state index contributed by atoms with van der Waals surface area (Å²) in [6.07, 6.45) is 0.150. The molecule has 1 saturated heterocycles. The highest BCUT2D eigenvalue weighted by Gasteiger charge is 2.30. The monoisotopic (exact) mass is 438 g/mol. The van der Waals surface area contributed by atoms with Crippen molar-refractivity contribution in [3.8, 4) is 0 Å². The number of aromatic carboxylic acids is 1. The number of amides is 1. The van der Waals surface area contributed by atoms with E-state index in [0.29, 0.717) is 13.1 Å². The predicted octanol–water partition coefficient (Wildman–Crippen LogP) is 2.61. The zero-order valence-corrected chi connectivity index (χ0v) is 17.6. The van der Waals surface area contributed by atoms with E-state index in [0.717, 1.165) is 16.3 Å². The first-order chi connectivity index (χ1) is 14.8. The van der Waals surface area contributed by atoms with Crippen molar-refractivity contribution in [2.24, 2.45) is 0 Å². The highest BCUT2D eigenvalue weighted by molar-refractivity contribution is 7.89. The van der Waals surface area contributed by atoms with Gasteiger partial charge in [0.25, 0.3) is 0 Å². The first kappa shape index (κ1) is 21.0. The van der Waals surface area contributed by atoms with Crippen molar-refractivity contribution in [2.75, 3.05) is 26.2 Å². The quantitative estimate of drug-likeness (QED) is 0.661. The molecule has 7 nitrogen and oxygen atoms in total. The molecule has 4 rings (SSSR count). The number of carbonyl (C=O) groups excluding carboxylic acids is 1. The van der Waals surface area contributed by atoms with Gasteiger partial charge in [-0.1, -0.05) is 42.5 Å². The van der Waals surface area contributed by atoms with Gasteiger partial charge in [-0.2, -0.15) is 4.31 Å². The van der Waals surface area contributed by atoms with Gasteiger partial charge in [-0.05, 0) is 40.6 Å². The summed E-state index contributed by atoms with van der Waals surface area (Å²) in [5.41, 5.74) is 0.893. The minimum atomic E-state index is -3.63. The van der Waals surface area contributed by atoms with Gasteiger partial charge in [0, 0.05) is 26.2 Å². The van der Waals surface area contributed by atoms with Crippen molar-refractivity contribution in [2.45, 2.75) is 11.3 Å². The van der Waals surface area contributed by atoms with Crippen molar-refractivity contribution in [1.29, 1.82) is 0 Å². The van der Waals surface area contributed by atoms with Crippen LogP contribution in [0.1, 0.15) is 15.9 Å². The fourth-order valence-electron chi connectivity index (χ4n) is 3.71. The van der Waals surface area contributed by atoms with Gasteiger partial charge >= 0.3 is 5.97 Å². The molecule has 0 aromatic heterocycles. The second-order valence-electron chi connectivity index (χ2n) is 7.47. The first-order valence-electron chi connectivity index (χ1n) is 9.93. The molecule has 0 aliphatic carbocycles. The van der Waals surface area contributed by atoms with Gasteiger partial charge in [0.1, 0.15) is 0 Å². The smallest absolute Gasteiger partial charge is 0.335 e. The number of fused-ring (bicyclic) bond motifs is 1. The summed E-state index contributed by atoms with van der Waals surface area (Å²) in [4.78, 5) is 25.4. The number of carboxylic acid groups (broad SMARTS) is 1. The second kappa shape index (κ2) is 8.49. The van der Waals surface area contributed by atoms with Crippen LogP contribution in [-0.2, 0) is 21.2 Å². The summed E-state index contributed by atoms with van der Waals surface area (Å²) in [5, 5.41) is 10.8. The first-order valence-corrected chi connectivity index (χ1v) is 11.4. The van der Waals surface area contributed by atoms with Crippen LogP contribution in [0.25, 0.3) is 10.8 Å². The van der Waals surface area contributed by atoms with Crippen LogP contribution in [0.4, 0.5) is 0 Å². The molecule has 0 spiro atoms. The van der Waals surface area contributed by atoms with Crippen molar-refractivity contribution < 1.29 is 23.1 Å². The zero-order chi connectivity index (χ0) is 22.0. The third-order valence-corrected chi connectivity index (χ3v) is 7.40. The lowest BCUT2D eigenvalue weighted by atomic mass is 10.1. The van der Waals surface area contributed by atoms with Gasteiger partial charge in [0.15, 0.2) is 0 Å². The molecule has 8 heteroatoms. The standard InChI is InChI=1S/C23H22N2O5S/c26-22(15-17-5-7-19(8-6-17)23(27)28)24-11-13-25(14-12-24)31(29,30)21-10-9-18-3-1-2-4-20(18)16-21/h1-10,16H,11-15H2,(H,27,28). The van der Waals surface area contributed by atoms with Crippen molar-refractivity contribution in [1.82, 2.24) is 9.21 Å². The maximum Gasteiger partial charge on any atom is 0.335 e. The molecule has 3 aromatic carbocycles. The van der Waals surface area contributed by atoms with Gasteiger partial charge in [0.05, 0.1) is 16.9 Å². The highest BCUT2D eigenvalue weighted by atomic mass is 32.2. The van der Waals surface area contributed by atoms with E-state index in [1.54, 1.807) is 35.2 Å². The van der Waals surface area contributed by atoms with Crippen LogP contribution in [0.15, 0.2) is 71.6 Å². The molecule has 0 radical (unpaired) electrons. The molecule has 1 aliphatic heterocycles. The minimum absolute atomic E-state index is 0.106. The Kier molecular flexibility index (Phi) is 5.75. The molecule has 1 amide bonds. The number of carboxylic acids is 1. The largest absolute Gasteiger partial charge is 0.478 e. The zero-order valence-electron chi connectivity index (χ0n) is 16.8. The Labute approximate surface area is 180 Å². The third-order valence-electron chi connectivity index (χ3n) is 5.51. The van der Waals surface area contributed by atoms with Crippen LogP contribution in [-0.4, -0.2) is 60.8 Å². The topological polar surface area (TPSA) is 95.0 Å². The molecule has 0 saturated carbocycles.